The molecule has 24 heavy (non-hydrogen) atoms. The molecule has 0 saturated heterocycles. The van der Waals surface area contributed by atoms with Gasteiger partial charge in [0.2, 0.25) is 11.8 Å². The summed E-state index contributed by atoms with van der Waals surface area (Å²) in [4.78, 5) is 25.2. The first kappa shape index (κ1) is 16.5. The SMILES string of the molecule is CCn1cnnc1CCNC(=O)CC1Sc2ccccc2NC1=O. The zero-order chi connectivity index (χ0) is 16.9. The van der Waals surface area contributed by atoms with Crippen LogP contribution in [0.3, 0.4) is 0 Å². The molecule has 0 aliphatic carbocycles. The van der Waals surface area contributed by atoms with Crippen molar-refractivity contribution in [1.82, 2.24) is 20.1 Å². The largest absolute Gasteiger partial charge is 0.356 e. The number of rotatable bonds is 6. The van der Waals surface area contributed by atoms with Crippen LogP contribution < -0.4 is 10.6 Å². The fourth-order valence-corrected chi connectivity index (χ4v) is 3.63. The molecule has 0 saturated carbocycles. The predicted octanol–water partition coefficient (Wildman–Crippen LogP) is 1.46. The molecule has 0 radical (unpaired) electrons. The van der Waals surface area contributed by atoms with Crippen LogP contribution in [-0.4, -0.2) is 38.4 Å². The number of carbonyl (C=O) groups is 2. The van der Waals surface area contributed by atoms with E-state index in [1.165, 1.54) is 11.8 Å². The van der Waals surface area contributed by atoms with Gasteiger partial charge in [0.05, 0.1) is 10.9 Å². The normalized spacial score (nSPS) is 16.4. The number of nitrogens with one attached hydrogen (secondary N) is 2. The van der Waals surface area contributed by atoms with Gasteiger partial charge < -0.3 is 15.2 Å². The van der Waals surface area contributed by atoms with Gasteiger partial charge in [-0.3, -0.25) is 9.59 Å². The Bertz CT molecular complexity index is 746. The van der Waals surface area contributed by atoms with Crippen molar-refractivity contribution in [3.63, 3.8) is 0 Å². The summed E-state index contributed by atoms with van der Waals surface area (Å²) in [6.45, 7) is 3.30. The Balaban J connectivity index is 1.49. The van der Waals surface area contributed by atoms with E-state index >= 15 is 0 Å². The minimum atomic E-state index is -0.404. The average Bonchev–Trinajstić information content (AvgIpc) is 3.03. The van der Waals surface area contributed by atoms with Gasteiger partial charge in [0.25, 0.3) is 0 Å². The molecule has 2 heterocycles. The van der Waals surface area contributed by atoms with Crippen molar-refractivity contribution in [1.29, 1.82) is 0 Å². The number of carbonyl (C=O) groups excluding carboxylic acids is 2. The third-order valence-corrected chi connectivity index (χ3v) is 5.06. The number of amides is 2. The number of para-hydroxylation sites is 1. The van der Waals surface area contributed by atoms with E-state index in [0.29, 0.717) is 13.0 Å². The summed E-state index contributed by atoms with van der Waals surface area (Å²) in [5, 5.41) is 13.2. The van der Waals surface area contributed by atoms with Gasteiger partial charge in [-0.2, -0.15) is 0 Å². The second kappa shape index (κ2) is 7.48. The number of anilines is 1. The maximum atomic E-state index is 12.1. The van der Waals surface area contributed by atoms with E-state index in [4.69, 9.17) is 0 Å². The van der Waals surface area contributed by atoms with Crippen LogP contribution in [0.5, 0.6) is 0 Å². The Hall–Kier alpha value is -2.35. The molecule has 0 spiro atoms. The van der Waals surface area contributed by atoms with E-state index in [9.17, 15) is 9.59 Å². The highest BCUT2D eigenvalue weighted by atomic mass is 32.2. The second-order valence-corrected chi connectivity index (χ2v) is 6.67. The summed E-state index contributed by atoms with van der Waals surface area (Å²) in [6, 6.07) is 7.61. The number of aryl methyl sites for hydroxylation is 1. The highest BCUT2D eigenvalue weighted by molar-refractivity contribution is 8.01. The highest BCUT2D eigenvalue weighted by Crippen LogP contribution is 2.36. The fraction of sp³-hybridized carbons (Fsp3) is 0.375. The number of fused-ring (bicyclic) bond motifs is 1. The minimum absolute atomic E-state index is 0.125. The van der Waals surface area contributed by atoms with Gasteiger partial charge in [0, 0.05) is 30.8 Å². The van der Waals surface area contributed by atoms with Crippen molar-refractivity contribution in [2.45, 2.75) is 36.5 Å². The van der Waals surface area contributed by atoms with Crippen molar-refractivity contribution in [3.05, 3.63) is 36.4 Å². The van der Waals surface area contributed by atoms with Gasteiger partial charge in [0.1, 0.15) is 12.2 Å². The first-order valence-electron chi connectivity index (χ1n) is 7.87. The van der Waals surface area contributed by atoms with Crippen LogP contribution in [0.15, 0.2) is 35.5 Å². The van der Waals surface area contributed by atoms with E-state index in [0.717, 1.165) is 23.0 Å². The number of aromatic nitrogens is 3. The van der Waals surface area contributed by atoms with Crippen LogP contribution in [0, 0.1) is 0 Å². The third kappa shape index (κ3) is 3.76. The van der Waals surface area contributed by atoms with Gasteiger partial charge in [-0.1, -0.05) is 12.1 Å². The van der Waals surface area contributed by atoms with E-state index in [2.05, 4.69) is 20.8 Å². The number of thioether (sulfide) groups is 1. The quantitative estimate of drug-likeness (QED) is 0.827. The van der Waals surface area contributed by atoms with Gasteiger partial charge >= 0.3 is 0 Å². The van der Waals surface area contributed by atoms with E-state index in [1.807, 2.05) is 35.8 Å². The maximum absolute atomic E-state index is 12.1. The summed E-state index contributed by atoms with van der Waals surface area (Å²) in [6.07, 6.45) is 2.45. The highest BCUT2D eigenvalue weighted by Gasteiger charge is 2.28. The van der Waals surface area contributed by atoms with Gasteiger partial charge in [-0.15, -0.1) is 22.0 Å². The molecule has 3 rings (SSSR count). The summed E-state index contributed by atoms with van der Waals surface area (Å²) in [5.74, 6) is 0.584. The Labute approximate surface area is 144 Å². The Morgan fingerprint density at radius 2 is 2.25 bits per heavy atom. The van der Waals surface area contributed by atoms with Crippen molar-refractivity contribution in [3.8, 4) is 0 Å². The lowest BCUT2D eigenvalue weighted by Gasteiger charge is -2.23. The maximum Gasteiger partial charge on any atom is 0.238 e. The fourth-order valence-electron chi connectivity index (χ4n) is 2.52. The lowest BCUT2D eigenvalue weighted by Crippen LogP contribution is -2.35. The first-order valence-corrected chi connectivity index (χ1v) is 8.75. The van der Waals surface area contributed by atoms with Crippen LogP contribution >= 0.6 is 11.8 Å². The summed E-state index contributed by atoms with van der Waals surface area (Å²) in [5.41, 5.74) is 0.808. The Morgan fingerprint density at radius 1 is 1.42 bits per heavy atom. The lowest BCUT2D eigenvalue weighted by molar-refractivity contribution is -0.124. The zero-order valence-electron chi connectivity index (χ0n) is 13.4. The molecule has 1 atom stereocenters. The summed E-state index contributed by atoms with van der Waals surface area (Å²) < 4.78 is 1.94. The lowest BCUT2D eigenvalue weighted by atomic mass is 10.2. The van der Waals surface area contributed by atoms with E-state index < -0.39 is 5.25 Å². The molecule has 1 aromatic carbocycles. The Kier molecular flexibility index (Phi) is 5.14. The summed E-state index contributed by atoms with van der Waals surface area (Å²) >= 11 is 1.43. The average molecular weight is 345 g/mol. The number of benzene rings is 1. The minimum Gasteiger partial charge on any atom is -0.356 e. The second-order valence-electron chi connectivity index (χ2n) is 5.43. The van der Waals surface area contributed by atoms with Crippen molar-refractivity contribution < 1.29 is 9.59 Å². The molecule has 2 amide bonds. The van der Waals surface area contributed by atoms with Gasteiger partial charge in [-0.25, -0.2) is 0 Å². The molecule has 2 aromatic rings. The molecule has 0 bridgehead atoms. The number of nitrogens with zero attached hydrogens (tertiary/aromatic N) is 3. The van der Waals surface area contributed by atoms with Crippen LogP contribution in [0.2, 0.25) is 0 Å². The molecular formula is C16H19N5O2S. The molecule has 1 unspecified atom stereocenters. The topological polar surface area (TPSA) is 88.9 Å². The van der Waals surface area contributed by atoms with Crippen LogP contribution in [-0.2, 0) is 22.6 Å². The smallest absolute Gasteiger partial charge is 0.238 e. The van der Waals surface area contributed by atoms with E-state index in [1.54, 1.807) is 6.33 Å². The molecule has 1 aliphatic heterocycles. The monoisotopic (exact) mass is 345 g/mol. The molecule has 1 aromatic heterocycles. The molecule has 0 fully saturated rings. The Morgan fingerprint density at radius 3 is 3.08 bits per heavy atom. The molecule has 1 aliphatic rings. The van der Waals surface area contributed by atoms with Crippen molar-refractivity contribution in [2.75, 3.05) is 11.9 Å². The first-order chi connectivity index (χ1) is 11.7. The molecule has 126 valence electrons. The molecule has 8 heteroatoms. The molecule has 2 N–H and O–H groups in total. The van der Waals surface area contributed by atoms with Crippen molar-refractivity contribution >= 4 is 29.3 Å². The third-order valence-electron chi connectivity index (χ3n) is 3.78. The van der Waals surface area contributed by atoms with Gasteiger partial charge in [-0.05, 0) is 19.1 Å². The number of hydrogen-bond acceptors (Lipinski definition) is 5. The van der Waals surface area contributed by atoms with Crippen LogP contribution in [0.4, 0.5) is 5.69 Å². The molecule has 7 nitrogen and oxygen atoms in total. The molecular weight excluding hydrogens is 326 g/mol. The summed E-state index contributed by atoms with van der Waals surface area (Å²) in [7, 11) is 0. The number of hydrogen-bond donors (Lipinski definition) is 2. The zero-order valence-corrected chi connectivity index (χ0v) is 14.2. The standard InChI is InChI=1S/C16H19N5O2S/c1-2-21-10-18-20-14(21)7-8-17-15(22)9-13-16(23)19-11-5-3-4-6-12(11)24-13/h3-6,10,13H,2,7-9H2,1H3,(H,17,22)(H,19,23). The van der Waals surface area contributed by atoms with Crippen LogP contribution in [0.1, 0.15) is 19.2 Å². The van der Waals surface area contributed by atoms with Crippen molar-refractivity contribution in [2.24, 2.45) is 0 Å². The van der Waals surface area contributed by atoms with E-state index in [-0.39, 0.29) is 18.2 Å². The van der Waals surface area contributed by atoms with Gasteiger partial charge in [0.15, 0.2) is 0 Å². The van der Waals surface area contributed by atoms with Crippen LogP contribution in [0.25, 0.3) is 0 Å². The predicted molar refractivity (Wildman–Crippen MR) is 91.7 cm³/mol.